The van der Waals surface area contributed by atoms with Crippen LogP contribution in [0.25, 0.3) is 0 Å². The van der Waals surface area contributed by atoms with Crippen LogP contribution in [-0.2, 0) is 38.7 Å². The fourth-order valence-electron chi connectivity index (χ4n) is 3.20. The molecule has 0 unspecified atom stereocenters. The second-order valence-electron chi connectivity index (χ2n) is 9.63. The minimum absolute atomic E-state index is 0.528. The molecule has 8 nitrogen and oxygen atoms in total. The molecular formula is C18H28O8. The molecule has 1 saturated heterocycles. The number of ketones is 2. The number of carbonyl (C=O) groups excluding carboxylic acids is 4. The Morgan fingerprint density at radius 1 is 0.731 bits per heavy atom. The van der Waals surface area contributed by atoms with Gasteiger partial charge in [-0.25, -0.2) is 19.4 Å². The molecule has 0 bridgehead atoms. The summed E-state index contributed by atoms with van der Waals surface area (Å²) >= 11 is 0. The maximum atomic E-state index is 12.5. The van der Waals surface area contributed by atoms with Crippen molar-refractivity contribution < 1.29 is 38.7 Å². The third kappa shape index (κ3) is 4.48. The molecule has 1 rings (SSSR count). The number of rotatable bonds is 4. The smallest absolute Gasteiger partial charge is 0.286 e. The van der Waals surface area contributed by atoms with E-state index in [1.54, 1.807) is 20.8 Å². The molecule has 0 aromatic carbocycles. The molecule has 0 spiro atoms. The highest BCUT2D eigenvalue weighted by Crippen LogP contribution is 2.46. The Kier molecular flexibility index (Phi) is 5.76. The summed E-state index contributed by atoms with van der Waals surface area (Å²) in [5, 5.41) is 0. The molecule has 0 aromatic heterocycles. The van der Waals surface area contributed by atoms with Gasteiger partial charge in [0.05, 0.1) is 0 Å². The van der Waals surface area contributed by atoms with Gasteiger partial charge in [-0.15, -0.1) is 0 Å². The number of Topliss-reactive ketones (excluding diaryl/α,β-unsaturated/α-hetero) is 2. The van der Waals surface area contributed by atoms with E-state index in [0.717, 1.165) is 0 Å². The van der Waals surface area contributed by atoms with E-state index in [-0.39, 0.29) is 0 Å². The van der Waals surface area contributed by atoms with E-state index in [1.165, 1.54) is 0 Å². The van der Waals surface area contributed by atoms with Crippen LogP contribution >= 0.6 is 0 Å². The van der Waals surface area contributed by atoms with Crippen molar-refractivity contribution in [2.45, 2.75) is 68.1 Å². The van der Waals surface area contributed by atoms with Crippen molar-refractivity contribution >= 4 is 23.5 Å². The fourth-order valence-corrected chi connectivity index (χ4v) is 3.20. The summed E-state index contributed by atoms with van der Waals surface area (Å²) < 4.78 is 0. The van der Waals surface area contributed by atoms with Crippen molar-refractivity contribution in [1.29, 1.82) is 0 Å². The standard InChI is InChI=1S/C18H28O8/c1-15(2,3)11(16(4,5)6)10(19)13(21)23-24-14(22)12(20)18(25-26-18)17(7,8)9/h11H,1-9H3. The van der Waals surface area contributed by atoms with Gasteiger partial charge in [-0.2, -0.15) is 9.78 Å². The Labute approximate surface area is 153 Å². The lowest BCUT2D eigenvalue weighted by Crippen LogP contribution is -2.44. The molecule has 1 aliphatic heterocycles. The SMILES string of the molecule is CC(C)(C)C(C(=O)C(=O)OOC(=O)C(=O)C1(C(C)(C)C)OO1)C(C)(C)C. The molecule has 0 aliphatic carbocycles. The van der Waals surface area contributed by atoms with Crippen molar-refractivity contribution in [3.8, 4) is 0 Å². The van der Waals surface area contributed by atoms with Crippen molar-refractivity contribution in [1.82, 2.24) is 0 Å². The van der Waals surface area contributed by atoms with E-state index in [1.807, 2.05) is 41.5 Å². The zero-order valence-corrected chi connectivity index (χ0v) is 16.8. The third-order valence-electron chi connectivity index (χ3n) is 4.11. The van der Waals surface area contributed by atoms with E-state index >= 15 is 0 Å². The van der Waals surface area contributed by atoms with Crippen LogP contribution in [0.4, 0.5) is 0 Å². The largest absolute Gasteiger partial charge is 0.427 e. The first-order valence-corrected chi connectivity index (χ1v) is 8.33. The van der Waals surface area contributed by atoms with Crippen LogP contribution in [0.15, 0.2) is 0 Å². The van der Waals surface area contributed by atoms with Gasteiger partial charge in [-0.3, -0.25) is 9.59 Å². The quantitative estimate of drug-likeness (QED) is 0.320. The van der Waals surface area contributed by atoms with Gasteiger partial charge < -0.3 is 0 Å². The molecule has 26 heavy (non-hydrogen) atoms. The van der Waals surface area contributed by atoms with Gasteiger partial charge in [0.25, 0.3) is 0 Å². The zero-order chi connectivity index (χ0) is 20.7. The molecule has 8 heteroatoms. The molecule has 0 saturated carbocycles. The molecule has 1 fully saturated rings. The molecule has 1 aliphatic rings. The Hall–Kier alpha value is -1.80. The summed E-state index contributed by atoms with van der Waals surface area (Å²) in [6.07, 6.45) is 0. The van der Waals surface area contributed by atoms with Gasteiger partial charge in [0.2, 0.25) is 5.78 Å². The average Bonchev–Trinajstić information content (AvgIpc) is 3.21. The van der Waals surface area contributed by atoms with Crippen molar-refractivity contribution in [2.24, 2.45) is 22.2 Å². The first-order chi connectivity index (χ1) is 11.4. The minimum Gasteiger partial charge on any atom is -0.286 e. The first-order valence-electron chi connectivity index (χ1n) is 8.33. The molecule has 0 atom stereocenters. The van der Waals surface area contributed by atoms with Gasteiger partial charge >= 0.3 is 23.5 Å². The number of hydrogen-bond donors (Lipinski definition) is 0. The topological polar surface area (TPSA) is 112 Å². The fraction of sp³-hybridized carbons (Fsp3) is 0.778. The van der Waals surface area contributed by atoms with Crippen LogP contribution in [0.2, 0.25) is 0 Å². The van der Waals surface area contributed by atoms with E-state index in [9.17, 15) is 19.2 Å². The molecule has 0 radical (unpaired) electrons. The molecule has 1 heterocycles. The second kappa shape index (κ2) is 6.74. The summed E-state index contributed by atoms with van der Waals surface area (Å²) in [7, 11) is 0. The molecule has 0 aromatic rings. The van der Waals surface area contributed by atoms with E-state index < -0.39 is 51.5 Å². The van der Waals surface area contributed by atoms with Crippen LogP contribution in [0.3, 0.4) is 0 Å². The Morgan fingerprint density at radius 3 is 1.42 bits per heavy atom. The maximum Gasteiger partial charge on any atom is 0.427 e. The van der Waals surface area contributed by atoms with Gasteiger partial charge in [-0.05, 0) is 10.8 Å². The molecule has 148 valence electrons. The lowest BCUT2D eigenvalue weighted by molar-refractivity contribution is -0.256. The summed E-state index contributed by atoms with van der Waals surface area (Å²) in [5.74, 6) is -7.29. The number of carbonyl (C=O) groups is 4. The second-order valence-corrected chi connectivity index (χ2v) is 9.63. The maximum absolute atomic E-state index is 12.5. The summed E-state index contributed by atoms with van der Waals surface area (Å²) in [4.78, 5) is 66.4. The predicted octanol–water partition coefficient (Wildman–Crippen LogP) is 2.54. The molecule has 0 N–H and O–H groups in total. The zero-order valence-electron chi connectivity index (χ0n) is 16.8. The van der Waals surface area contributed by atoms with Crippen molar-refractivity contribution in [2.75, 3.05) is 0 Å². The third-order valence-corrected chi connectivity index (χ3v) is 4.11. The monoisotopic (exact) mass is 372 g/mol. The first kappa shape index (κ1) is 22.2. The summed E-state index contributed by atoms with van der Waals surface area (Å²) in [5.41, 5.74) is -1.90. The summed E-state index contributed by atoms with van der Waals surface area (Å²) in [6, 6.07) is 0. The normalized spacial score (nSPS) is 16.8. The van der Waals surface area contributed by atoms with E-state index in [0.29, 0.717) is 0 Å². The van der Waals surface area contributed by atoms with Crippen molar-refractivity contribution in [3.63, 3.8) is 0 Å². The van der Waals surface area contributed by atoms with Gasteiger partial charge in [-0.1, -0.05) is 62.3 Å². The Morgan fingerprint density at radius 2 is 1.12 bits per heavy atom. The highest BCUT2D eigenvalue weighted by Gasteiger charge is 2.67. The number of hydrogen-bond acceptors (Lipinski definition) is 8. The predicted molar refractivity (Wildman–Crippen MR) is 89.0 cm³/mol. The Balaban J connectivity index is 2.78. The van der Waals surface area contributed by atoms with Crippen LogP contribution in [0.1, 0.15) is 62.3 Å². The van der Waals surface area contributed by atoms with Crippen LogP contribution in [0, 0.1) is 22.2 Å². The van der Waals surface area contributed by atoms with E-state index in [2.05, 4.69) is 19.6 Å². The lowest BCUT2D eigenvalue weighted by Gasteiger charge is -2.38. The minimum atomic E-state index is -1.78. The van der Waals surface area contributed by atoms with Gasteiger partial charge in [0, 0.05) is 11.3 Å². The molecule has 0 amide bonds. The highest BCUT2D eigenvalue weighted by molar-refractivity contribution is 6.38. The highest BCUT2D eigenvalue weighted by atomic mass is 17.4. The summed E-state index contributed by atoms with van der Waals surface area (Å²) in [6.45, 7) is 15.8. The van der Waals surface area contributed by atoms with Crippen LogP contribution < -0.4 is 0 Å². The lowest BCUT2D eigenvalue weighted by atomic mass is 9.65. The van der Waals surface area contributed by atoms with Gasteiger partial charge in [0.15, 0.2) is 0 Å². The molecular weight excluding hydrogens is 344 g/mol. The average molecular weight is 372 g/mol. The van der Waals surface area contributed by atoms with Crippen LogP contribution in [0.5, 0.6) is 0 Å². The Bertz CT molecular complexity index is 595. The van der Waals surface area contributed by atoms with Gasteiger partial charge in [0.1, 0.15) is 0 Å². The van der Waals surface area contributed by atoms with E-state index in [4.69, 9.17) is 0 Å². The van der Waals surface area contributed by atoms with Crippen molar-refractivity contribution in [3.05, 3.63) is 0 Å². The van der Waals surface area contributed by atoms with Crippen LogP contribution in [-0.4, -0.2) is 29.3 Å².